The first-order valence-corrected chi connectivity index (χ1v) is 20.2. The smallest absolute Gasteiger partial charge is 0.179 e. The maximum Gasteiger partial charge on any atom is 0.179 e. The van der Waals surface area contributed by atoms with E-state index in [1.165, 1.54) is 79.5 Å². The first-order chi connectivity index (χ1) is 25.3. The van der Waals surface area contributed by atoms with Crippen molar-refractivity contribution in [3.8, 4) is 16.8 Å². The van der Waals surface area contributed by atoms with Crippen LogP contribution in [0.4, 0.5) is 0 Å². The van der Waals surface area contributed by atoms with E-state index in [1.807, 2.05) is 12.4 Å². The number of rotatable bonds is 6. The number of aromatic nitrogens is 2. The van der Waals surface area contributed by atoms with Crippen LogP contribution in [0, 0.1) is 0 Å². The Morgan fingerprint density at radius 3 is 1.76 bits per heavy atom. The molecule has 0 aliphatic carbocycles. The van der Waals surface area contributed by atoms with Crippen molar-refractivity contribution in [2.24, 2.45) is 0 Å². The fourth-order valence-electron chi connectivity index (χ4n) is 8.19. The highest BCUT2D eigenvalue weighted by Gasteiger charge is 2.41. The topological polar surface area (TPSA) is 17.8 Å². The molecule has 0 aliphatic heterocycles. The minimum Gasteiger partial charge on any atom is -0.309 e. The van der Waals surface area contributed by atoms with Crippen molar-refractivity contribution in [1.82, 2.24) is 9.55 Å². The molecule has 0 aliphatic rings. The Hall–Kier alpha value is -6.07. The van der Waals surface area contributed by atoms with E-state index in [0.717, 1.165) is 0 Å². The number of pyridine rings is 1. The number of para-hydroxylation sites is 1. The van der Waals surface area contributed by atoms with E-state index in [1.54, 1.807) is 11.3 Å². The first-order valence-electron chi connectivity index (χ1n) is 17.4. The highest BCUT2D eigenvalue weighted by molar-refractivity contribution is 7.25. The van der Waals surface area contributed by atoms with E-state index < -0.39 is 8.07 Å². The largest absolute Gasteiger partial charge is 0.309 e. The Labute approximate surface area is 301 Å². The number of benzene rings is 7. The van der Waals surface area contributed by atoms with Gasteiger partial charge in [0.2, 0.25) is 0 Å². The van der Waals surface area contributed by atoms with E-state index >= 15 is 0 Å². The number of thiophene rings is 1. The van der Waals surface area contributed by atoms with E-state index in [0.29, 0.717) is 0 Å². The molecular formula is C47H32N2SSi. The van der Waals surface area contributed by atoms with Gasteiger partial charge in [-0.25, -0.2) is 0 Å². The van der Waals surface area contributed by atoms with Gasteiger partial charge >= 0.3 is 0 Å². The van der Waals surface area contributed by atoms with Crippen LogP contribution in [0.5, 0.6) is 0 Å². The predicted molar refractivity (Wildman–Crippen MR) is 221 cm³/mol. The van der Waals surface area contributed by atoms with Crippen LogP contribution >= 0.6 is 11.3 Å². The zero-order valence-corrected chi connectivity index (χ0v) is 29.6. The minimum atomic E-state index is -2.65. The summed E-state index contributed by atoms with van der Waals surface area (Å²) < 4.78 is 4.93. The average Bonchev–Trinajstić information content (AvgIpc) is 3.75. The van der Waals surface area contributed by atoms with Crippen LogP contribution in [0.2, 0.25) is 0 Å². The zero-order chi connectivity index (χ0) is 33.8. The first kappa shape index (κ1) is 29.8. The molecule has 0 bridgehead atoms. The summed E-state index contributed by atoms with van der Waals surface area (Å²) in [6, 6.07) is 67.6. The number of fused-ring (bicyclic) bond motifs is 6. The zero-order valence-electron chi connectivity index (χ0n) is 27.8. The van der Waals surface area contributed by atoms with E-state index in [2.05, 4.69) is 192 Å². The van der Waals surface area contributed by atoms with Crippen molar-refractivity contribution in [2.45, 2.75) is 0 Å². The fraction of sp³-hybridized carbons (Fsp3) is 0. The molecule has 10 aromatic rings. The lowest BCUT2D eigenvalue weighted by molar-refractivity contribution is 1.19. The van der Waals surface area contributed by atoms with Gasteiger partial charge < -0.3 is 4.57 Å². The van der Waals surface area contributed by atoms with E-state index in [4.69, 9.17) is 0 Å². The van der Waals surface area contributed by atoms with Crippen LogP contribution in [-0.2, 0) is 0 Å². The summed E-state index contributed by atoms with van der Waals surface area (Å²) in [4.78, 5) is 4.37. The normalized spacial score (nSPS) is 11.9. The highest BCUT2D eigenvalue weighted by atomic mass is 32.1. The molecule has 0 saturated carbocycles. The standard InChI is InChI=1S/C47H32N2SSi/c1-4-14-36(15-5-1)51(37-16-6-2-7-17-37,38-18-8-3-9-19-38)39-20-12-13-33(29-39)34-23-25-45-42(30-34)40-21-10-11-22-44(40)49(45)35-24-26-46-43(31-35)41-27-28-48-32-47(41)50-46/h1-32H. The summed E-state index contributed by atoms with van der Waals surface area (Å²) in [5.74, 6) is 0. The lowest BCUT2D eigenvalue weighted by Gasteiger charge is -2.34. The van der Waals surface area contributed by atoms with Gasteiger partial charge in [0.1, 0.15) is 0 Å². The Morgan fingerprint density at radius 1 is 0.412 bits per heavy atom. The van der Waals surface area contributed by atoms with E-state index in [9.17, 15) is 0 Å². The summed E-state index contributed by atoms with van der Waals surface area (Å²) in [5, 5.41) is 10.6. The van der Waals surface area contributed by atoms with Crippen LogP contribution in [-0.4, -0.2) is 17.6 Å². The second-order valence-corrected chi connectivity index (χ2v) is 18.1. The molecule has 0 N–H and O–H groups in total. The third-order valence-corrected chi connectivity index (χ3v) is 16.3. The van der Waals surface area contributed by atoms with Gasteiger partial charge in [0.25, 0.3) is 0 Å². The minimum absolute atomic E-state index is 1.17. The molecule has 240 valence electrons. The monoisotopic (exact) mass is 684 g/mol. The molecular weight excluding hydrogens is 653 g/mol. The molecule has 2 nitrogen and oxygen atoms in total. The van der Waals surface area contributed by atoms with Gasteiger partial charge in [-0.05, 0) is 74.3 Å². The lowest BCUT2D eigenvalue weighted by atomic mass is 10.0. The van der Waals surface area contributed by atoms with Gasteiger partial charge in [-0.1, -0.05) is 140 Å². The van der Waals surface area contributed by atoms with Crippen molar-refractivity contribution >= 4 is 82.1 Å². The average molecular weight is 685 g/mol. The van der Waals surface area contributed by atoms with Crippen LogP contribution in [0.3, 0.4) is 0 Å². The molecule has 0 atom stereocenters. The van der Waals surface area contributed by atoms with Crippen molar-refractivity contribution in [1.29, 1.82) is 0 Å². The van der Waals surface area contributed by atoms with Gasteiger partial charge in [-0.15, -0.1) is 11.3 Å². The van der Waals surface area contributed by atoms with Crippen LogP contribution in [0.1, 0.15) is 0 Å². The Kier molecular flexibility index (Phi) is 7.05. The SMILES string of the molecule is c1ccc([Si](c2ccccc2)(c2ccccc2)c2cccc(-c3ccc4c(c3)c3ccccc3n4-c3ccc4sc5cnccc5c4c3)c2)cc1. The quantitative estimate of drug-likeness (QED) is 0.126. The number of hydrogen-bond acceptors (Lipinski definition) is 2. The highest BCUT2D eigenvalue weighted by Crippen LogP contribution is 2.38. The number of hydrogen-bond donors (Lipinski definition) is 0. The molecule has 51 heavy (non-hydrogen) atoms. The van der Waals surface area contributed by atoms with Crippen molar-refractivity contribution in [3.05, 3.63) is 194 Å². The van der Waals surface area contributed by atoms with Crippen LogP contribution in [0.15, 0.2) is 194 Å². The summed E-state index contributed by atoms with van der Waals surface area (Å²) in [7, 11) is -2.65. The molecule has 0 unspecified atom stereocenters. The van der Waals surface area contributed by atoms with Crippen LogP contribution in [0.25, 0.3) is 58.8 Å². The third kappa shape index (κ3) is 4.72. The van der Waals surface area contributed by atoms with Crippen molar-refractivity contribution in [2.75, 3.05) is 0 Å². The Morgan fingerprint density at radius 2 is 1.04 bits per heavy atom. The van der Waals surface area contributed by atoms with Gasteiger partial charge in [-0.2, -0.15) is 0 Å². The summed E-state index contributed by atoms with van der Waals surface area (Å²) in [5.41, 5.74) is 6.03. The van der Waals surface area contributed by atoms with Gasteiger partial charge in [0, 0.05) is 44.3 Å². The molecule has 4 heteroatoms. The molecule has 3 aromatic heterocycles. The predicted octanol–water partition coefficient (Wildman–Crippen LogP) is 9.59. The van der Waals surface area contributed by atoms with Crippen molar-refractivity contribution < 1.29 is 0 Å². The molecule has 0 saturated heterocycles. The van der Waals surface area contributed by atoms with Crippen molar-refractivity contribution in [3.63, 3.8) is 0 Å². The van der Waals surface area contributed by atoms with Gasteiger partial charge in [0.05, 0.1) is 15.7 Å². The second kappa shape index (κ2) is 12.1. The molecule has 0 spiro atoms. The lowest BCUT2D eigenvalue weighted by Crippen LogP contribution is -2.74. The molecule has 7 aromatic carbocycles. The second-order valence-electron chi connectivity index (χ2n) is 13.2. The third-order valence-electron chi connectivity index (χ3n) is 10.4. The molecule has 3 heterocycles. The number of nitrogens with zero attached hydrogens (tertiary/aromatic N) is 2. The fourth-order valence-corrected chi connectivity index (χ4v) is 14.0. The van der Waals surface area contributed by atoms with Gasteiger partial charge in [0.15, 0.2) is 8.07 Å². The maximum atomic E-state index is 4.37. The molecule has 0 amide bonds. The Balaban J connectivity index is 1.17. The molecule has 0 fully saturated rings. The maximum absolute atomic E-state index is 4.37. The van der Waals surface area contributed by atoms with Crippen LogP contribution < -0.4 is 20.7 Å². The summed E-state index contributed by atoms with van der Waals surface area (Å²) >= 11 is 1.80. The van der Waals surface area contributed by atoms with Gasteiger partial charge in [-0.3, -0.25) is 4.98 Å². The molecule has 0 radical (unpaired) electrons. The summed E-state index contributed by atoms with van der Waals surface area (Å²) in [6.45, 7) is 0. The Bertz CT molecular complexity index is 2760. The van der Waals surface area contributed by atoms with E-state index in [-0.39, 0.29) is 0 Å². The molecule has 10 rings (SSSR count). The summed E-state index contributed by atoms with van der Waals surface area (Å²) in [6.07, 6.45) is 3.87.